The number of aromatic nitrogens is 1. The van der Waals surface area contributed by atoms with Gasteiger partial charge in [-0.2, -0.15) is 0 Å². The van der Waals surface area contributed by atoms with Gasteiger partial charge in [-0.1, -0.05) is 91.7 Å². The number of pyridine rings is 1. The van der Waals surface area contributed by atoms with Crippen molar-refractivity contribution in [1.82, 2.24) is 14.8 Å². The number of aryl methyl sites for hydroxylation is 2. The van der Waals surface area contributed by atoms with Gasteiger partial charge < -0.3 is 19.1 Å². The first-order chi connectivity index (χ1) is 25.7. The molecule has 1 aliphatic rings. The fourth-order valence-electron chi connectivity index (χ4n) is 6.27. The number of rotatable bonds is 14. The van der Waals surface area contributed by atoms with E-state index in [0.29, 0.717) is 54.6 Å². The number of nitrogens with zero attached hydrogens (tertiary/aromatic N) is 3. The Labute approximate surface area is 331 Å². The molecule has 1 fully saturated rings. The van der Waals surface area contributed by atoms with Crippen LogP contribution in [0.2, 0.25) is 5.02 Å². The number of amides is 1. The maximum atomic E-state index is 13.1. The van der Waals surface area contributed by atoms with Crippen LogP contribution < -0.4 is 14.2 Å². The molecule has 4 aromatic carbocycles. The molecule has 6 rings (SSSR count). The third kappa shape index (κ3) is 11.6. The van der Waals surface area contributed by atoms with Crippen LogP contribution in [0.15, 0.2) is 109 Å². The van der Waals surface area contributed by atoms with Crippen LogP contribution in [0.1, 0.15) is 58.7 Å². The van der Waals surface area contributed by atoms with Crippen molar-refractivity contribution in [3.63, 3.8) is 0 Å². The van der Waals surface area contributed by atoms with E-state index < -0.39 is 0 Å². The predicted octanol–water partition coefficient (Wildman–Crippen LogP) is 10.2. The lowest BCUT2D eigenvalue weighted by Gasteiger charge is -2.34. The van der Waals surface area contributed by atoms with E-state index in [0.717, 1.165) is 48.5 Å². The molecule has 282 valence electrons. The van der Waals surface area contributed by atoms with E-state index >= 15 is 0 Å². The molecular weight excluding hydrogens is 717 g/mol. The molecule has 7 nitrogen and oxygen atoms in total. The molecule has 0 bridgehead atoms. The van der Waals surface area contributed by atoms with Crippen LogP contribution in [0.25, 0.3) is 6.08 Å². The zero-order valence-corrected chi connectivity index (χ0v) is 33.0. The Bertz CT molecular complexity index is 1970. The van der Waals surface area contributed by atoms with Gasteiger partial charge in [0.15, 0.2) is 5.75 Å². The van der Waals surface area contributed by atoms with Gasteiger partial charge in [0.1, 0.15) is 18.1 Å². The first-order valence-electron chi connectivity index (χ1n) is 18.3. The van der Waals surface area contributed by atoms with Crippen molar-refractivity contribution in [3.8, 4) is 23.1 Å². The minimum absolute atomic E-state index is 0. The Morgan fingerprint density at radius 3 is 2.22 bits per heavy atom. The Hall–Kier alpha value is -4.82. The number of ether oxygens (including phenoxy) is 3. The van der Waals surface area contributed by atoms with Crippen molar-refractivity contribution in [2.75, 3.05) is 32.8 Å². The number of carbonyl (C=O) groups is 1. The highest BCUT2D eigenvalue weighted by Gasteiger charge is 2.20. The van der Waals surface area contributed by atoms with Crippen LogP contribution in [-0.4, -0.2) is 53.5 Å². The highest BCUT2D eigenvalue weighted by atomic mass is 35.5. The van der Waals surface area contributed by atoms with Gasteiger partial charge in [-0.15, -0.1) is 12.4 Å². The van der Waals surface area contributed by atoms with Crippen molar-refractivity contribution >= 4 is 36.0 Å². The molecule has 54 heavy (non-hydrogen) atoms. The van der Waals surface area contributed by atoms with E-state index in [1.807, 2.05) is 42.2 Å². The molecule has 9 heteroatoms. The second kappa shape index (κ2) is 19.5. The van der Waals surface area contributed by atoms with Gasteiger partial charge in [0.25, 0.3) is 0 Å². The molecule has 0 spiro atoms. The highest BCUT2D eigenvalue weighted by Crippen LogP contribution is 2.34. The number of halogens is 2. The Kier molecular flexibility index (Phi) is 14.6. The summed E-state index contributed by atoms with van der Waals surface area (Å²) >= 11 is 6.64. The van der Waals surface area contributed by atoms with Crippen LogP contribution in [-0.2, 0) is 24.4 Å². The van der Waals surface area contributed by atoms with Gasteiger partial charge in [-0.25, -0.2) is 4.98 Å². The second-order valence-corrected chi connectivity index (χ2v) is 14.3. The van der Waals surface area contributed by atoms with Crippen molar-refractivity contribution in [1.29, 1.82) is 0 Å². The van der Waals surface area contributed by atoms with Gasteiger partial charge in [0.05, 0.1) is 17.8 Å². The molecular formula is C45H49Cl2N3O4. The zero-order chi connectivity index (χ0) is 37.2. The van der Waals surface area contributed by atoms with E-state index in [9.17, 15) is 4.79 Å². The lowest BCUT2D eigenvalue weighted by atomic mass is 10.0. The molecule has 1 amide bonds. The summed E-state index contributed by atoms with van der Waals surface area (Å²) in [6.07, 6.45) is 5.94. The Morgan fingerprint density at radius 2 is 1.56 bits per heavy atom. The number of hydrogen-bond acceptors (Lipinski definition) is 6. The normalized spacial score (nSPS) is 13.2. The molecule has 0 unspecified atom stereocenters. The predicted molar refractivity (Wildman–Crippen MR) is 220 cm³/mol. The Balaban J connectivity index is 0.00000561. The average Bonchev–Trinajstić information content (AvgIpc) is 3.16. The molecule has 0 N–H and O–H groups in total. The molecule has 1 aromatic heterocycles. The van der Waals surface area contributed by atoms with Gasteiger partial charge in [0.2, 0.25) is 11.8 Å². The highest BCUT2D eigenvalue weighted by molar-refractivity contribution is 6.32. The van der Waals surface area contributed by atoms with Crippen LogP contribution in [0.4, 0.5) is 0 Å². The second-order valence-electron chi connectivity index (χ2n) is 13.9. The summed E-state index contributed by atoms with van der Waals surface area (Å²) in [7, 11) is 0. The molecule has 1 saturated heterocycles. The summed E-state index contributed by atoms with van der Waals surface area (Å²) in [4.78, 5) is 21.8. The van der Waals surface area contributed by atoms with E-state index in [-0.39, 0.29) is 18.3 Å². The summed E-state index contributed by atoms with van der Waals surface area (Å²) in [6, 6.07) is 32.7. The number of hydrogen-bond donors (Lipinski definition) is 0. The average molecular weight is 767 g/mol. The van der Waals surface area contributed by atoms with Crippen LogP contribution in [0.3, 0.4) is 0 Å². The van der Waals surface area contributed by atoms with Crippen LogP contribution in [0, 0.1) is 13.8 Å². The summed E-state index contributed by atoms with van der Waals surface area (Å²) in [5.74, 6) is 3.02. The molecule has 0 aliphatic carbocycles. The van der Waals surface area contributed by atoms with E-state index in [1.54, 1.807) is 24.4 Å². The van der Waals surface area contributed by atoms with Crippen molar-refractivity contribution in [3.05, 3.63) is 153 Å². The lowest BCUT2D eigenvalue weighted by Crippen LogP contribution is -2.47. The van der Waals surface area contributed by atoms with Gasteiger partial charge >= 0.3 is 0 Å². The summed E-state index contributed by atoms with van der Waals surface area (Å²) < 4.78 is 17.9. The zero-order valence-electron chi connectivity index (χ0n) is 31.5. The fourth-order valence-corrected chi connectivity index (χ4v) is 6.59. The SMILES string of the molecule is Cc1cccc(COc2ccc(Oc3c(C)cc(C=CC(=O)N4CCN(Cc5ccc(CCOc6ccc(C(C)C)cc6)cc5)CC4)cc3Cl)nc2)c1.Cl. The smallest absolute Gasteiger partial charge is 0.246 e. The molecule has 1 aliphatic heterocycles. The van der Waals surface area contributed by atoms with Crippen molar-refractivity contribution in [2.24, 2.45) is 0 Å². The van der Waals surface area contributed by atoms with E-state index in [4.69, 9.17) is 25.8 Å². The van der Waals surface area contributed by atoms with Crippen LogP contribution >= 0.6 is 24.0 Å². The molecule has 2 heterocycles. The Morgan fingerprint density at radius 1 is 0.833 bits per heavy atom. The standard InChI is InChI=1S/C45H48ClN3O4.ClH/c1-32(2)39-13-15-40(16-14-39)51-25-20-35-8-10-36(11-9-35)30-48-21-23-49(24-22-48)44(50)19-12-37-27-34(4)45(42(46)28-37)53-43-18-17-41(29-47-43)52-31-38-7-5-6-33(3)26-38;/h5-19,26-29,32H,20-25,30-31H2,1-4H3;1H. The number of benzene rings is 4. The molecule has 0 saturated carbocycles. The monoisotopic (exact) mass is 765 g/mol. The largest absolute Gasteiger partial charge is 0.493 e. The first kappa shape index (κ1) is 40.4. The molecule has 0 radical (unpaired) electrons. The topological polar surface area (TPSA) is 64.1 Å². The molecule has 5 aromatic rings. The third-order valence-corrected chi connectivity index (χ3v) is 9.67. The first-order valence-corrected chi connectivity index (χ1v) is 18.7. The van der Waals surface area contributed by atoms with E-state index in [1.165, 1.54) is 22.3 Å². The quantitative estimate of drug-likeness (QED) is 0.105. The van der Waals surface area contributed by atoms with Crippen molar-refractivity contribution < 1.29 is 19.0 Å². The van der Waals surface area contributed by atoms with Crippen molar-refractivity contribution in [2.45, 2.75) is 53.2 Å². The molecule has 0 atom stereocenters. The minimum Gasteiger partial charge on any atom is -0.493 e. The summed E-state index contributed by atoms with van der Waals surface area (Å²) in [5.41, 5.74) is 7.81. The summed E-state index contributed by atoms with van der Waals surface area (Å²) in [6.45, 7) is 13.4. The third-order valence-electron chi connectivity index (χ3n) is 9.39. The van der Waals surface area contributed by atoms with Crippen LogP contribution in [0.5, 0.6) is 23.1 Å². The number of carbonyl (C=O) groups excluding carboxylic acids is 1. The number of piperazine rings is 1. The summed E-state index contributed by atoms with van der Waals surface area (Å²) in [5, 5.41) is 0.445. The van der Waals surface area contributed by atoms with Gasteiger partial charge in [-0.05, 0) is 89.6 Å². The minimum atomic E-state index is -0.00454. The van der Waals surface area contributed by atoms with Gasteiger partial charge in [-0.3, -0.25) is 9.69 Å². The maximum Gasteiger partial charge on any atom is 0.246 e. The fraction of sp³-hybridized carbons (Fsp3) is 0.289. The van der Waals surface area contributed by atoms with E-state index in [2.05, 4.69) is 91.3 Å². The lowest BCUT2D eigenvalue weighted by molar-refractivity contribution is -0.127. The maximum absolute atomic E-state index is 13.1. The van der Waals surface area contributed by atoms with Gasteiger partial charge in [0, 0.05) is 51.3 Å².